The van der Waals surface area contributed by atoms with Crippen LogP contribution in [0.3, 0.4) is 0 Å². The maximum atomic E-state index is 12.2. The molecule has 0 aliphatic rings. The molecule has 1 amide bonds. The second kappa shape index (κ2) is 7.04. The van der Waals surface area contributed by atoms with Gasteiger partial charge < -0.3 is 14.6 Å². The fourth-order valence-electron chi connectivity index (χ4n) is 2.29. The van der Waals surface area contributed by atoms with E-state index in [0.29, 0.717) is 25.3 Å². The Morgan fingerprint density at radius 2 is 2.19 bits per heavy atom. The van der Waals surface area contributed by atoms with Crippen LogP contribution in [-0.4, -0.2) is 35.7 Å². The molecule has 2 aromatic heterocycles. The number of nitrogens with zero attached hydrogens (tertiary/aromatic N) is 2. The second-order valence-corrected chi connectivity index (χ2v) is 4.94. The Morgan fingerprint density at radius 1 is 1.38 bits per heavy atom. The average Bonchev–Trinajstić information content (AvgIpc) is 2.77. The first-order chi connectivity index (χ1) is 10.1. The number of methoxy groups -OCH3 is 1. The Hall–Kier alpha value is -2.14. The number of aromatic nitrogens is 2. The number of hydrogen-bond acceptors (Lipinski definition) is 3. The van der Waals surface area contributed by atoms with E-state index in [9.17, 15) is 4.79 Å². The van der Waals surface area contributed by atoms with Gasteiger partial charge in [0.05, 0.1) is 24.4 Å². The fraction of sp³-hybridized carbons (Fsp3) is 0.375. The Labute approximate surface area is 125 Å². The van der Waals surface area contributed by atoms with E-state index in [4.69, 9.17) is 4.74 Å². The van der Waals surface area contributed by atoms with Gasteiger partial charge in [0.15, 0.2) is 0 Å². The summed E-state index contributed by atoms with van der Waals surface area (Å²) in [6.45, 7) is 5.66. The third-order valence-corrected chi connectivity index (χ3v) is 3.46. The summed E-state index contributed by atoms with van der Waals surface area (Å²) in [6, 6.07) is 7.76. The zero-order valence-electron chi connectivity index (χ0n) is 12.7. The Bertz CT molecular complexity index is 605. The maximum Gasteiger partial charge on any atom is 0.253 e. The van der Waals surface area contributed by atoms with E-state index in [2.05, 4.69) is 14.9 Å². The van der Waals surface area contributed by atoms with E-state index in [1.54, 1.807) is 13.3 Å². The Balaban J connectivity index is 2.15. The van der Waals surface area contributed by atoms with E-state index in [1.807, 2.05) is 38.1 Å². The number of carbonyl (C=O) groups is 1. The molecule has 5 heteroatoms. The van der Waals surface area contributed by atoms with Crippen LogP contribution >= 0.6 is 0 Å². The molecule has 2 rings (SSSR count). The van der Waals surface area contributed by atoms with Crippen molar-refractivity contribution in [3.05, 3.63) is 53.1 Å². The molecule has 0 saturated carbocycles. The van der Waals surface area contributed by atoms with E-state index in [1.165, 1.54) is 0 Å². The van der Waals surface area contributed by atoms with Gasteiger partial charge in [0.1, 0.15) is 0 Å². The molecule has 0 bridgehead atoms. The molecule has 21 heavy (non-hydrogen) atoms. The highest BCUT2D eigenvalue weighted by Crippen LogP contribution is 2.16. The molecule has 0 atom stereocenters. The van der Waals surface area contributed by atoms with Crippen LogP contribution in [-0.2, 0) is 11.3 Å². The minimum atomic E-state index is -0.0626. The van der Waals surface area contributed by atoms with E-state index in [-0.39, 0.29) is 5.91 Å². The van der Waals surface area contributed by atoms with Crippen LogP contribution in [0.5, 0.6) is 0 Å². The van der Waals surface area contributed by atoms with Crippen molar-refractivity contribution in [3.63, 3.8) is 0 Å². The summed E-state index contributed by atoms with van der Waals surface area (Å²) < 4.78 is 7.04. The standard InChI is InChI=1S/C16H21N3O2/c1-12-10-15(16(20)18-8-9-21-3)13(2)19(12)11-14-6-4-5-7-17-14/h4-7,10H,8-9,11H2,1-3H3,(H,18,20). The van der Waals surface area contributed by atoms with Crippen LogP contribution < -0.4 is 5.32 Å². The van der Waals surface area contributed by atoms with Crippen LogP contribution in [0.4, 0.5) is 0 Å². The monoisotopic (exact) mass is 287 g/mol. The predicted molar refractivity (Wildman–Crippen MR) is 81.5 cm³/mol. The minimum Gasteiger partial charge on any atom is -0.383 e. The highest BCUT2D eigenvalue weighted by Gasteiger charge is 2.15. The number of amides is 1. The van der Waals surface area contributed by atoms with Gasteiger partial charge >= 0.3 is 0 Å². The predicted octanol–water partition coefficient (Wildman–Crippen LogP) is 1.92. The minimum absolute atomic E-state index is 0.0626. The van der Waals surface area contributed by atoms with Crippen molar-refractivity contribution in [1.82, 2.24) is 14.9 Å². The van der Waals surface area contributed by atoms with Gasteiger partial charge in [-0.15, -0.1) is 0 Å². The number of nitrogens with one attached hydrogen (secondary N) is 1. The van der Waals surface area contributed by atoms with Gasteiger partial charge in [-0.1, -0.05) is 6.07 Å². The van der Waals surface area contributed by atoms with E-state index in [0.717, 1.165) is 17.1 Å². The number of ether oxygens (including phenoxy) is 1. The molecule has 0 aliphatic carbocycles. The summed E-state index contributed by atoms with van der Waals surface area (Å²) in [7, 11) is 1.62. The van der Waals surface area contributed by atoms with Crippen LogP contribution in [0.2, 0.25) is 0 Å². The molecule has 0 unspecified atom stereocenters. The second-order valence-electron chi connectivity index (χ2n) is 4.94. The van der Waals surface area contributed by atoms with Crippen LogP contribution in [0.1, 0.15) is 27.4 Å². The Kier molecular flexibility index (Phi) is 5.11. The molecule has 2 heterocycles. The van der Waals surface area contributed by atoms with Crippen molar-refractivity contribution < 1.29 is 9.53 Å². The van der Waals surface area contributed by atoms with Gasteiger partial charge in [0.2, 0.25) is 0 Å². The third-order valence-electron chi connectivity index (χ3n) is 3.46. The lowest BCUT2D eigenvalue weighted by atomic mass is 10.2. The van der Waals surface area contributed by atoms with Crippen molar-refractivity contribution in [2.75, 3.05) is 20.3 Å². The lowest BCUT2D eigenvalue weighted by Crippen LogP contribution is -2.27. The zero-order chi connectivity index (χ0) is 15.2. The van der Waals surface area contributed by atoms with Gasteiger partial charge in [0.25, 0.3) is 5.91 Å². The molecule has 1 N–H and O–H groups in total. The van der Waals surface area contributed by atoms with Crippen LogP contribution in [0, 0.1) is 13.8 Å². The number of rotatable bonds is 6. The average molecular weight is 287 g/mol. The van der Waals surface area contributed by atoms with Crippen molar-refractivity contribution in [3.8, 4) is 0 Å². The molecule has 0 fully saturated rings. The quantitative estimate of drug-likeness (QED) is 0.826. The van der Waals surface area contributed by atoms with E-state index < -0.39 is 0 Å². The first-order valence-electron chi connectivity index (χ1n) is 6.97. The van der Waals surface area contributed by atoms with Crippen molar-refractivity contribution in [2.45, 2.75) is 20.4 Å². The summed E-state index contributed by atoms with van der Waals surface area (Å²) in [4.78, 5) is 16.5. The number of pyridine rings is 1. The SMILES string of the molecule is COCCNC(=O)c1cc(C)n(Cc2ccccn2)c1C. The zero-order valence-corrected chi connectivity index (χ0v) is 12.7. The maximum absolute atomic E-state index is 12.2. The topological polar surface area (TPSA) is 56.1 Å². The lowest BCUT2D eigenvalue weighted by molar-refractivity contribution is 0.0936. The molecule has 5 nitrogen and oxygen atoms in total. The fourth-order valence-corrected chi connectivity index (χ4v) is 2.29. The largest absolute Gasteiger partial charge is 0.383 e. The van der Waals surface area contributed by atoms with Gasteiger partial charge in [-0.2, -0.15) is 0 Å². The number of carbonyl (C=O) groups excluding carboxylic acids is 1. The molecule has 0 saturated heterocycles. The van der Waals surface area contributed by atoms with Crippen molar-refractivity contribution >= 4 is 5.91 Å². The molecule has 2 aromatic rings. The summed E-state index contributed by atoms with van der Waals surface area (Å²) >= 11 is 0. The lowest BCUT2D eigenvalue weighted by Gasteiger charge is -2.09. The van der Waals surface area contributed by atoms with Gasteiger partial charge in [0, 0.05) is 31.2 Å². The summed E-state index contributed by atoms with van der Waals surface area (Å²) in [6.07, 6.45) is 1.78. The van der Waals surface area contributed by atoms with Gasteiger partial charge in [-0.05, 0) is 32.0 Å². The first-order valence-corrected chi connectivity index (χ1v) is 6.97. The molecule has 0 spiro atoms. The molecule has 112 valence electrons. The van der Waals surface area contributed by atoms with Crippen molar-refractivity contribution in [1.29, 1.82) is 0 Å². The first kappa shape index (κ1) is 15.3. The summed E-state index contributed by atoms with van der Waals surface area (Å²) in [5.74, 6) is -0.0626. The number of aryl methyl sites for hydroxylation is 1. The molecule has 0 aliphatic heterocycles. The third kappa shape index (κ3) is 3.70. The molecular formula is C16H21N3O2. The van der Waals surface area contributed by atoms with E-state index >= 15 is 0 Å². The molecule has 0 aromatic carbocycles. The smallest absolute Gasteiger partial charge is 0.253 e. The van der Waals surface area contributed by atoms with Crippen molar-refractivity contribution in [2.24, 2.45) is 0 Å². The molecule has 0 radical (unpaired) electrons. The van der Waals surface area contributed by atoms with Crippen LogP contribution in [0.25, 0.3) is 0 Å². The summed E-state index contributed by atoms with van der Waals surface area (Å²) in [5.41, 5.74) is 3.69. The van der Waals surface area contributed by atoms with Gasteiger partial charge in [-0.3, -0.25) is 9.78 Å². The number of hydrogen-bond donors (Lipinski definition) is 1. The molecular weight excluding hydrogens is 266 g/mol. The highest BCUT2D eigenvalue weighted by molar-refractivity contribution is 5.95. The van der Waals surface area contributed by atoms with Crippen LogP contribution in [0.15, 0.2) is 30.5 Å². The highest BCUT2D eigenvalue weighted by atomic mass is 16.5. The van der Waals surface area contributed by atoms with Gasteiger partial charge in [-0.25, -0.2) is 0 Å². The Morgan fingerprint density at radius 3 is 2.86 bits per heavy atom. The normalized spacial score (nSPS) is 10.6. The summed E-state index contributed by atoms with van der Waals surface area (Å²) in [5, 5.41) is 2.85.